The number of nitrogens with zero attached hydrogens (tertiary/aromatic N) is 5. The van der Waals surface area contributed by atoms with E-state index in [0.717, 1.165) is 29.7 Å². The first-order chi connectivity index (χ1) is 21.5. The maximum absolute atomic E-state index is 10.1. The third-order valence-corrected chi connectivity index (χ3v) is 8.56. The fourth-order valence-electron chi connectivity index (χ4n) is 5.40. The van der Waals surface area contributed by atoms with Gasteiger partial charge in [-0.15, -0.1) is 5.53 Å². The van der Waals surface area contributed by atoms with Gasteiger partial charge in [0.1, 0.15) is 11.6 Å². The fourth-order valence-corrected chi connectivity index (χ4v) is 5.92. The van der Waals surface area contributed by atoms with E-state index in [1.54, 1.807) is 11.1 Å². The van der Waals surface area contributed by atoms with Crippen molar-refractivity contribution in [2.75, 3.05) is 10.6 Å². The highest BCUT2D eigenvalue weighted by Crippen LogP contribution is 2.43. The molecule has 0 bridgehead atoms. The molecular weight excluding hydrogens is 593 g/mol. The molecule has 1 aliphatic carbocycles. The number of anilines is 2. The minimum atomic E-state index is -0.577. The number of hydrazine groups is 2. The maximum atomic E-state index is 10.1. The van der Waals surface area contributed by atoms with Crippen molar-refractivity contribution >= 4 is 45.5 Å². The number of rotatable bonds is 10. The molecule has 0 saturated heterocycles. The van der Waals surface area contributed by atoms with Crippen molar-refractivity contribution in [1.29, 1.82) is 15.8 Å². The van der Waals surface area contributed by atoms with Crippen LogP contribution < -0.4 is 21.6 Å². The summed E-state index contributed by atoms with van der Waals surface area (Å²) in [6.45, 7) is 0. The largest absolute Gasteiger partial charge is 0.377 e. The summed E-state index contributed by atoms with van der Waals surface area (Å²) in [6, 6.07) is 27.3. The second-order valence-electron chi connectivity index (χ2n) is 10.8. The highest BCUT2D eigenvalue weighted by atomic mass is 35.5. The molecule has 218 valence electrons. The molecule has 44 heavy (non-hydrogen) atoms. The number of nitriles is 3. The predicted octanol–water partition coefficient (Wildman–Crippen LogP) is 7.25. The summed E-state index contributed by atoms with van der Waals surface area (Å²) in [6.07, 6.45) is 5.83. The van der Waals surface area contributed by atoms with Crippen LogP contribution in [0, 0.1) is 34.0 Å². The zero-order chi connectivity index (χ0) is 30.7. The quantitative estimate of drug-likeness (QED) is 0.145. The van der Waals surface area contributed by atoms with Gasteiger partial charge in [-0.3, -0.25) is 9.99 Å². The van der Waals surface area contributed by atoms with Crippen molar-refractivity contribution < 1.29 is 0 Å². The lowest BCUT2D eigenvalue weighted by molar-refractivity contribution is 0.217. The van der Waals surface area contributed by atoms with Crippen LogP contribution in [0.5, 0.6) is 0 Å². The van der Waals surface area contributed by atoms with Gasteiger partial charge in [0.2, 0.25) is 0 Å². The van der Waals surface area contributed by atoms with E-state index in [2.05, 4.69) is 44.8 Å². The molecule has 4 aromatic rings. The van der Waals surface area contributed by atoms with Crippen molar-refractivity contribution in [2.24, 2.45) is 0 Å². The van der Waals surface area contributed by atoms with Gasteiger partial charge in [0, 0.05) is 34.9 Å². The summed E-state index contributed by atoms with van der Waals surface area (Å²) in [4.78, 5) is 4.51. The molecule has 6 rings (SSSR count). The monoisotopic (exact) mass is 619 g/mol. The normalized spacial score (nSPS) is 16.1. The molecule has 11 heteroatoms. The van der Waals surface area contributed by atoms with Crippen LogP contribution in [0.2, 0.25) is 10.0 Å². The first-order valence-electron chi connectivity index (χ1n) is 14.1. The van der Waals surface area contributed by atoms with E-state index in [4.69, 9.17) is 23.2 Å². The molecule has 0 amide bonds. The Hall–Kier alpha value is -4.98. The molecule has 1 fully saturated rings. The Morgan fingerprint density at radius 2 is 1.75 bits per heavy atom. The predicted molar refractivity (Wildman–Crippen MR) is 171 cm³/mol. The van der Waals surface area contributed by atoms with Crippen LogP contribution in [0.3, 0.4) is 0 Å². The summed E-state index contributed by atoms with van der Waals surface area (Å²) < 4.78 is 0. The molecule has 0 spiro atoms. The lowest BCUT2D eigenvalue weighted by Gasteiger charge is -2.24. The Morgan fingerprint density at radius 1 is 0.977 bits per heavy atom. The highest BCUT2D eigenvalue weighted by molar-refractivity contribution is 6.36. The Bertz CT molecular complexity index is 1870. The maximum Gasteiger partial charge on any atom is 0.143 e. The van der Waals surface area contributed by atoms with E-state index in [1.807, 2.05) is 66.9 Å². The van der Waals surface area contributed by atoms with Crippen molar-refractivity contribution in [2.45, 2.75) is 43.3 Å². The highest BCUT2D eigenvalue weighted by Gasteiger charge is 2.50. The standard InChI is InChI=1S/C33H27Cl2N9/c34-26-10-5-4-9-24(26)32(29-19-44(43-42-29)33(20-38)12-13-33)40-23-15-25-30(22(17-37)18-39-31(25)27(35)16-23)41-28(11-6-14-36)21-7-2-1-3-8-21/h1-5,7-10,15-16,18-19,28,32,40,42-43H,6,11-13H2,(H,39,41)/t28-,32+/m1/s1. The van der Waals surface area contributed by atoms with Crippen LogP contribution >= 0.6 is 23.2 Å². The van der Waals surface area contributed by atoms with Crippen molar-refractivity contribution in [3.8, 4) is 18.2 Å². The molecule has 0 radical (unpaired) electrons. The van der Waals surface area contributed by atoms with E-state index < -0.39 is 11.6 Å². The summed E-state index contributed by atoms with van der Waals surface area (Å²) in [7, 11) is 0. The molecule has 1 aliphatic heterocycles. The zero-order valence-electron chi connectivity index (χ0n) is 23.5. The minimum Gasteiger partial charge on any atom is -0.377 e. The van der Waals surface area contributed by atoms with Gasteiger partial charge in [0.05, 0.1) is 51.7 Å². The Balaban J connectivity index is 1.42. The van der Waals surface area contributed by atoms with Gasteiger partial charge in [-0.05, 0) is 48.6 Å². The molecule has 2 heterocycles. The van der Waals surface area contributed by atoms with Gasteiger partial charge in [0.25, 0.3) is 0 Å². The average molecular weight is 621 g/mol. The summed E-state index contributed by atoms with van der Waals surface area (Å²) >= 11 is 13.5. The van der Waals surface area contributed by atoms with Gasteiger partial charge in [-0.25, -0.2) is 0 Å². The second kappa shape index (κ2) is 12.3. The third-order valence-electron chi connectivity index (χ3n) is 7.93. The number of hydrogen-bond donors (Lipinski definition) is 4. The molecule has 9 nitrogen and oxygen atoms in total. The molecule has 2 aliphatic rings. The molecule has 2 atom stereocenters. The van der Waals surface area contributed by atoms with E-state index in [9.17, 15) is 15.8 Å². The minimum absolute atomic E-state index is 0.223. The summed E-state index contributed by atoms with van der Waals surface area (Å²) in [5.41, 5.74) is 10.5. The van der Waals surface area contributed by atoms with Crippen molar-refractivity contribution in [3.05, 3.63) is 112 Å². The number of nitrogens with one attached hydrogen (secondary N) is 4. The third kappa shape index (κ3) is 5.67. The Morgan fingerprint density at radius 3 is 2.45 bits per heavy atom. The van der Waals surface area contributed by atoms with Crippen molar-refractivity contribution in [3.63, 3.8) is 0 Å². The van der Waals surface area contributed by atoms with Crippen LogP contribution in [0.15, 0.2) is 84.8 Å². The van der Waals surface area contributed by atoms with Crippen molar-refractivity contribution in [1.82, 2.24) is 21.0 Å². The van der Waals surface area contributed by atoms with Gasteiger partial charge in [-0.1, -0.05) is 71.7 Å². The number of benzene rings is 3. The topological polar surface area (TPSA) is 136 Å². The molecule has 0 unspecified atom stereocenters. The van der Waals surface area contributed by atoms with Crippen LogP contribution in [0.1, 0.15) is 54.5 Å². The van der Waals surface area contributed by atoms with E-state index in [-0.39, 0.29) is 6.04 Å². The number of halogens is 2. The summed E-state index contributed by atoms with van der Waals surface area (Å²) in [5.74, 6) is 0. The summed E-state index contributed by atoms with van der Waals surface area (Å²) in [5, 5.41) is 39.7. The van der Waals surface area contributed by atoms with Gasteiger partial charge >= 0.3 is 0 Å². The number of pyridine rings is 1. The van der Waals surface area contributed by atoms with E-state index in [1.165, 1.54) is 6.20 Å². The first kappa shape index (κ1) is 29.1. The molecule has 4 N–H and O–H groups in total. The van der Waals surface area contributed by atoms with Gasteiger partial charge in [-0.2, -0.15) is 15.8 Å². The Labute approximate surface area is 265 Å². The van der Waals surface area contributed by atoms with Gasteiger partial charge in [0.15, 0.2) is 0 Å². The number of aromatic nitrogens is 1. The number of hydrogen-bond acceptors (Lipinski definition) is 9. The second-order valence-corrected chi connectivity index (χ2v) is 11.6. The zero-order valence-corrected chi connectivity index (χ0v) is 25.0. The lowest BCUT2D eigenvalue weighted by atomic mass is 10.00. The molecule has 3 aromatic carbocycles. The molecule has 1 saturated carbocycles. The SMILES string of the molecule is N#CCC[C@@H](Nc1c(C#N)cnc2c(Cl)cc(N[C@H](C3=CN(C4(C#N)CC4)NN3)c3ccccc3Cl)cc12)c1ccccc1. The molecular formula is C33H27Cl2N9. The van der Waals surface area contributed by atoms with Crippen LogP contribution in [-0.2, 0) is 0 Å². The van der Waals surface area contributed by atoms with Gasteiger partial charge < -0.3 is 16.1 Å². The molecule has 1 aromatic heterocycles. The van der Waals surface area contributed by atoms with Crippen LogP contribution in [0.25, 0.3) is 10.9 Å². The van der Waals surface area contributed by atoms with E-state index in [0.29, 0.717) is 50.7 Å². The van der Waals surface area contributed by atoms with Crippen LogP contribution in [0.4, 0.5) is 11.4 Å². The number of fused-ring (bicyclic) bond motifs is 1. The Kier molecular flexibility index (Phi) is 8.15. The van der Waals surface area contributed by atoms with Crippen LogP contribution in [-0.4, -0.2) is 15.5 Å². The lowest BCUT2D eigenvalue weighted by Crippen LogP contribution is -2.44. The smallest absolute Gasteiger partial charge is 0.143 e. The average Bonchev–Trinajstić information content (AvgIpc) is 3.70. The fraction of sp³-hybridized carbons (Fsp3) is 0.212. The first-order valence-corrected chi connectivity index (χ1v) is 14.9. The van der Waals surface area contributed by atoms with E-state index >= 15 is 0 Å².